The Hall–Kier alpha value is -0.930. The number of halogens is 1. The van der Waals surface area contributed by atoms with E-state index < -0.39 is 6.10 Å². The maximum absolute atomic E-state index is 9.83. The molecular formula is C11H16ClNO2. The average Bonchev–Trinajstić information content (AvgIpc) is 2.18. The quantitative estimate of drug-likeness (QED) is 0.781. The summed E-state index contributed by atoms with van der Waals surface area (Å²) in [5.41, 5.74) is 6.96. The maximum atomic E-state index is 9.83. The molecule has 0 radical (unpaired) electrons. The van der Waals surface area contributed by atoms with Crippen LogP contribution in [-0.4, -0.2) is 12.2 Å². The zero-order chi connectivity index (χ0) is 11.4. The molecule has 0 fully saturated rings. The van der Waals surface area contributed by atoms with Crippen LogP contribution in [0.2, 0.25) is 5.02 Å². The average molecular weight is 230 g/mol. The van der Waals surface area contributed by atoms with Crippen LogP contribution in [0.3, 0.4) is 0 Å². The SMILES string of the molecule is CCCC(O)c1cc(OC)c(Cl)cc1N. The van der Waals surface area contributed by atoms with Gasteiger partial charge in [-0.15, -0.1) is 0 Å². The van der Waals surface area contributed by atoms with Crippen molar-refractivity contribution in [1.29, 1.82) is 0 Å². The second-order valence-corrected chi connectivity index (χ2v) is 3.83. The first-order valence-corrected chi connectivity index (χ1v) is 5.28. The Morgan fingerprint density at radius 3 is 2.73 bits per heavy atom. The zero-order valence-electron chi connectivity index (χ0n) is 8.96. The predicted octanol–water partition coefficient (Wildman–Crippen LogP) is 2.76. The molecule has 3 N–H and O–H groups in total. The second-order valence-electron chi connectivity index (χ2n) is 3.42. The number of benzene rings is 1. The van der Waals surface area contributed by atoms with E-state index in [1.54, 1.807) is 12.1 Å². The van der Waals surface area contributed by atoms with Gasteiger partial charge in [-0.3, -0.25) is 0 Å². The molecule has 3 nitrogen and oxygen atoms in total. The van der Waals surface area contributed by atoms with E-state index in [1.165, 1.54) is 7.11 Å². The van der Waals surface area contributed by atoms with E-state index in [-0.39, 0.29) is 0 Å². The third-order valence-corrected chi connectivity index (χ3v) is 2.57. The number of anilines is 1. The number of hydrogen-bond donors (Lipinski definition) is 2. The molecule has 0 saturated carbocycles. The van der Waals surface area contributed by atoms with Crippen molar-refractivity contribution in [3.63, 3.8) is 0 Å². The molecule has 0 aliphatic carbocycles. The summed E-state index contributed by atoms with van der Waals surface area (Å²) in [6.45, 7) is 2.01. The van der Waals surface area contributed by atoms with Crippen LogP contribution in [0.25, 0.3) is 0 Å². The minimum absolute atomic E-state index is 0.461. The molecule has 84 valence electrons. The highest BCUT2D eigenvalue weighted by Crippen LogP contribution is 2.33. The molecule has 0 aromatic heterocycles. The Balaban J connectivity index is 3.06. The van der Waals surface area contributed by atoms with Gasteiger partial charge in [0.2, 0.25) is 0 Å². The molecule has 0 saturated heterocycles. The summed E-state index contributed by atoms with van der Waals surface area (Å²) < 4.78 is 5.07. The van der Waals surface area contributed by atoms with Crippen LogP contribution < -0.4 is 10.5 Å². The van der Waals surface area contributed by atoms with Crippen molar-refractivity contribution in [3.8, 4) is 5.75 Å². The van der Waals surface area contributed by atoms with Gasteiger partial charge in [-0.1, -0.05) is 24.9 Å². The van der Waals surface area contributed by atoms with Crippen molar-refractivity contribution < 1.29 is 9.84 Å². The summed E-state index contributed by atoms with van der Waals surface area (Å²) >= 11 is 5.90. The van der Waals surface area contributed by atoms with Crippen molar-refractivity contribution in [2.75, 3.05) is 12.8 Å². The Morgan fingerprint density at radius 2 is 2.20 bits per heavy atom. The van der Waals surface area contributed by atoms with Gasteiger partial charge in [0, 0.05) is 11.3 Å². The monoisotopic (exact) mass is 229 g/mol. The molecule has 0 aliphatic rings. The molecule has 1 atom stereocenters. The van der Waals surface area contributed by atoms with Crippen molar-refractivity contribution in [3.05, 3.63) is 22.7 Å². The summed E-state index contributed by atoms with van der Waals surface area (Å²) in [4.78, 5) is 0. The summed E-state index contributed by atoms with van der Waals surface area (Å²) in [5.74, 6) is 0.538. The molecule has 0 spiro atoms. The third-order valence-electron chi connectivity index (χ3n) is 2.28. The van der Waals surface area contributed by atoms with Gasteiger partial charge >= 0.3 is 0 Å². The minimum Gasteiger partial charge on any atom is -0.495 e. The fraction of sp³-hybridized carbons (Fsp3) is 0.455. The molecule has 1 aromatic carbocycles. The number of ether oxygens (including phenoxy) is 1. The van der Waals surface area contributed by atoms with E-state index in [0.29, 0.717) is 28.4 Å². The molecule has 0 amide bonds. The van der Waals surface area contributed by atoms with Crippen LogP contribution in [0.4, 0.5) is 5.69 Å². The van der Waals surface area contributed by atoms with Gasteiger partial charge in [0.15, 0.2) is 0 Å². The van der Waals surface area contributed by atoms with Crippen LogP contribution in [0, 0.1) is 0 Å². The van der Waals surface area contributed by atoms with Gasteiger partial charge in [-0.2, -0.15) is 0 Å². The highest BCUT2D eigenvalue weighted by molar-refractivity contribution is 6.32. The second kappa shape index (κ2) is 5.24. The van der Waals surface area contributed by atoms with E-state index >= 15 is 0 Å². The summed E-state index contributed by atoms with van der Waals surface area (Å²) in [6.07, 6.45) is 1.02. The van der Waals surface area contributed by atoms with Crippen LogP contribution in [0.5, 0.6) is 5.75 Å². The van der Waals surface area contributed by atoms with Gasteiger partial charge in [-0.05, 0) is 18.6 Å². The highest BCUT2D eigenvalue weighted by atomic mass is 35.5. The molecule has 0 heterocycles. The Morgan fingerprint density at radius 1 is 1.53 bits per heavy atom. The standard InChI is InChI=1S/C11H16ClNO2/c1-3-4-10(14)7-5-11(15-2)8(12)6-9(7)13/h5-6,10,14H,3-4,13H2,1-2H3. The lowest BCUT2D eigenvalue weighted by atomic mass is 10.0. The first-order valence-electron chi connectivity index (χ1n) is 4.91. The Labute approximate surface area is 94.8 Å². The van der Waals surface area contributed by atoms with Crippen LogP contribution >= 0.6 is 11.6 Å². The first-order chi connectivity index (χ1) is 7.10. The van der Waals surface area contributed by atoms with Gasteiger partial charge in [-0.25, -0.2) is 0 Å². The molecule has 0 bridgehead atoms. The number of aliphatic hydroxyl groups excluding tert-OH is 1. The number of nitrogens with two attached hydrogens (primary N) is 1. The number of nitrogen functional groups attached to an aromatic ring is 1. The fourth-order valence-electron chi connectivity index (χ4n) is 1.46. The number of aliphatic hydroxyl groups is 1. The number of rotatable bonds is 4. The summed E-state index contributed by atoms with van der Waals surface area (Å²) in [5, 5.41) is 10.3. The van der Waals surface area contributed by atoms with Gasteiger partial charge < -0.3 is 15.6 Å². The van der Waals surface area contributed by atoms with Crippen molar-refractivity contribution in [2.24, 2.45) is 0 Å². The summed E-state index contributed by atoms with van der Waals surface area (Å²) in [6, 6.07) is 3.30. The molecular weight excluding hydrogens is 214 g/mol. The van der Waals surface area contributed by atoms with Gasteiger partial charge in [0.05, 0.1) is 18.2 Å². The van der Waals surface area contributed by atoms with Crippen LogP contribution in [-0.2, 0) is 0 Å². The largest absolute Gasteiger partial charge is 0.495 e. The molecule has 1 aromatic rings. The van der Waals surface area contributed by atoms with Crippen molar-refractivity contribution in [1.82, 2.24) is 0 Å². The lowest BCUT2D eigenvalue weighted by Gasteiger charge is -2.14. The van der Waals surface area contributed by atoms with Crippen LogP contribution in [0.1, 0.15) is 31.4 Å². The van der Waals surface area contributed by atoms with Crippen molar-refractivity contribution >= 4 is 17.3 Å². The molecule has 1 rings (SSSR count). The first kappa shape index (κ1) is 12.1. The van der Waals surface area contributed by atoms with Gasteiger partial charge in [0.25, 0.3) is 0 Å². The van der Waals surface area contributed by atoms with Crippen LogP contribution in [0.15, 0.2) is 12.1 Å². The Kier molecular flexibility index (Phi) is 4.24. The highest BCUT2D eigenvalue weighted by Gasteiger charge is 2.13. The van der Waals surface area contributed by atoms with E-state index in [1.807, 2.05) is 6.92 Å². The summed E-state index contributed by atoms with van der Waals surface area (Å²) in [7, 11) is 1.54. The topological polar surface area (TPSA) is 55.5 Å². The molecule has 1 unspecified atom stereocenters. The fourth-order valence-corrected chi connectivity index (χ4v) is 1.71. The third kappa shape index (κ3) is 2.76. The minimum atomic E-state index is -0.554. The normalized spacial score (nSPS) is 12.5. The zero-order valence-corrected chi connectivity index (χ0v) is 9.71. The predicted molar refractivity (Wildman–Crippen MR) is 62.3 cm³/mol. The number of hydrogen-bond acceptors (Lipinski definition) is 3. The molecule has 15 heavy (non-hydrogen) atoms. The maximum Gasteiger partial charge on any atom is 0.137 e. The smallest absolute Gasteiger partial charge is 0.137 e. The van der Waals surface area contributed by atoms with E-state index in [4.69, 9.17) is 22.1 Å². The van der Waals surface area contributed by atoms with Gasteiger partial charge in [0.1, 0.15) is 5.75 Å². The molecule has 4 heteroatoms. The van der Waals surface area contributed by atoms with E-state index in [2.05, 4.69) is 0 Å². The number of methoxy groups -OCH3 is 1. The van der Waals surface area contributed by atoms with Crippen molar-refractivity contribution in [2.45, 2.75) is 25.9 Å². The molecule has 0 aliphatic heterocycles. The van der Waals surface area contributed by atoms with E-state index in [9.17, 15) is 5.11 Å². The lowest BCUT2D eigenvalue weighted by molar-refractivity contribution is 0.167. The Bertz CT molecular complexity index is 342. The van der Waals surface area contributed by atoms with E-state index in [0.717, 1.165) is 6.42 Å². The lowest BCUT2D eigenvalue weighted by Crippen LogP contribution is -2.02.